The molecule has 0 atom stereocenters. The number of hydrogen-bond donors (Lipinski definition) is 2. The molecule has 0 aromatic heterocycles. The normalized spacial score (nSPS) is 10.7. The molecule has 130 valence electrons. The first kappa shape index (κ1) is 19.4. The summed E-state index contributed by atoms with van der Waals surface area (Å²) in [5.74, 6) is -0.728. The predicted octanol–water partition coefficient (Wildman–Crippen LogP) is 1.85. The Hall–Kier alpha value is -2.67. The van der Waals surface area contributed by atoms with E-state index in [-0.39, 0.29) is 24.5 Å². The van der Waals surface area contributed by atoms with Gasteiger partial charge >= 0.3 is 12.1 Å². The van der Waals surface area contributed by atoms with Crippen molar-refractivity contribution in [2.24, 2.45) is 0 Å². The largest absolute Gasteiger partial charge is 0.460 e. The van der Waals surface area contributed by atoms with Gasteiger partial charge < -0.3 is 19.9 Å². The SMILES string of the molecule is C=C(C)C(=O)OCCNC(=O)Oc1ccc(C(=O)C(C)(C)O)cc1. The lowest BCUT2D eigenvalue weighted by molar-refractivity contribution is -0.138. The Bertz CT molecular complexity index is 627. The molecule has 0 aliphatic heterocycles. The molecular formula is C17H21NO6. The molecule has 1 aromatic carbocycles. The highest BCUT2D eigenvalue weighted by molar-refractivity contribution is 6.01. The minimum Gasteiger partial charge on any atom is -0.460 e. The Morgan fingerprint density at radius 2 is 1.79 bits per heavy atom. The van der Waals surface area contributed by atoms with E-state index in [0.717, 1.165) is 0 Å². The summed E-state index contributed by atoms with van der Waals surface area (Å²) >= 11 is 0. The predicted molar refractivity (Wildman–Crippen MR) is 86.9 cm³/mol. The Labute approximate surface area is 140 Å². The highest BCUT2D eigenvalue weighted by Crippen LogP contribution is 2.17. The zero-order valence-corrected chi connectivity index (χ0v) is 13.9. The number of carbonyl (C=O) groups excluding carboxylic acids is 3. The zero-order valence-electron chi connectivity index (χ0n) is 13.9. The minimum absolute atomic E-state index is 0.000183. The number of esters is 1. The second-order valence-corrected chi connectivity index (χ2v) is 5.65. The van der Waals surface area contributed by atoms with Gasteiger partial charge in [-0.1, -0.05) is 6.58 Å². The van der Waals surface area contributed by atoms with E-state index in [1.807, 2.05) is 0 Å². The first-order chi connectivity index (χ1) is 11.1. The topological polar surface area (TPSA) is 102 Å². The highest BCUT2D eigenvalue weighted by atomic mass is 16.6. The van der Waals surface area contributed by atoms with Gasteiger partial charge in [0.05, 0.1) is 6.54 Å². The molecule has 0 saturated heterocycles. The fraction of sp³-hybridized carbons (Fsp3) is 0.353. The molecule has 0 saturated carbocycles. The van der Waals surface area contributed by atoms with Crippen LogP contribution in [0.5, 0.6) is 5.75 Å². The molecule has 24 heavy (non-hydrogen) atoms. The van der Waals surface area contributed by atoms with E-state index in [2.05, 4.69) is 11.9 Å². The molecule has 0 heterocycles. The van der Waals surface area contributed by atoms with Gasteiger partial charge in [0, 0.05) is 11.1 Å². The molecule has 0 radical (unpaired) electrons. The number of ether oxygens (including phenoxy) is 2. The highest BCUT2D eigenvalue weighted by Gasteiger charge is 2.25. The van der Waals surface area contributed by atoms with Crippen molar-refractivity contribution in [2.75, 3.05) is 13.2 Å². The van der Waals surface area contributed by atoms with Crippen molar-refractivity contribution in [3.8, 4) is 5.75 Å². The van der Waals surface area contributed by atoms with Crippen LogP contribution in [0.25, 0.3) is 0 Å². The van der Waals surface area contributed by atoms with Crippen LogP contribution in [0.2, 0.25) is 0 Å². The van der Waals surface area contributed by atoms with Gasteiger partial charge in [-0.05, 0) is 45.0 Å². The summed E-state index contributed by atoms with van der Waals surface area (Å²) in [6.07, 6.45) is -0.720. The number of Topliss-reactive ketones (excluding diaryl/α,β-unsaturated/α-hetero) is 1. The number of aliphatic hydroxyl groups is 1. The van der Waals surface area contributed by atoms with Gasteiger partial charge in [0.15, 0.2) is 5.78 Å². The standard InChI is InChI=1S/C17H21NO6/c1-11(2)15(20)23-10-9-18-16(21)24-13-7-5-12(6-8-13)14(19)17(3,4)22/h5-8,22H,1,9-10H2,2-4H3,(H,18,21). The Morgan fingerprint density at radius 1 is 1.21 bits per heavy atom. The van der Waals surface area contributed by atoms with Gasteiger partial charge in [-0.15, -0.1) is 0 Å². The summed E-state index contributed by atoms with van der Waals surface area (Å²) in [5.41, 5.74) is -0.888. The summed E-state index contributed by atoms with van der Waals surface area (Å²) < 4.78 is 9.82. The Morgan fingerprint density at radius 3 is 2.29 bits per heavy atom. The van der Waals surface area contributed by atoms with Gasteiger partial charge in [-0.3, -0.25) is 4.79 Å². The molecule has 7 nitrogen and oxygen atoms in total. The third-order valence-electron chi connectivity index (χ3n) is 2.84. The molecule has 1 aromatic rings. The molecule has 1 amide bonds. The number of hydrogen-bond acceptors (Lipinski definition) is 6. The number of ketones is 1. The van der Waals surface area contributed by atoms with Crippen LogP contribution in [0.3, 0.4) is 0 Å². The van der Waals surface area contributed by atoms with Crippen LogP contribution in [-0.4, -0.2) is 41.7 Å². The first-order valence-corrected chi connectivity index (χ1v) is 7.27. The molecule has 2 N–H and O–H groups in total. The van der Waals surface area contributed by atoms with Crippen molar-refractivity contribution >= 4 is 17.8 Å². The lowest BCUT2D eigenvalue weighted by Gasteiger charge is -2.15. The third-order valence-corrected chi connectivity index (χ3v) is 2.84. The molecule has 0 fully saturated rings. The molecule has 0 bridgehead atoms. The van der Waals surface area contributed by atoms with Crippen LogP contribution in [-0.2, 0) is 9.53 Å². The quantitative estimate of drug-likeness (QED) is 0.341. The maximum atomic E-state index is 11.9. The van der Waals surface area contributed by atoms with Crippen molar-refractivity contribution in [1.29, 1.82) is 0 Å². The van der Waals surface area contributed by atoms with Gasteiger partial charge in [0.25, 0.3) is 0 Å². The lowest BCUT2D eigenvalue weighted by atomic mass is 9.97. The van der Waals surface area contributed by atoms with Crippen LogP contribution in [0.4, 0.5) is 4.79 Å². The van der Waals surface area contributed by atoms with Crippen molar-refractivity contribution in [2.45, 2.75) is 26.4 Å². The number of benzene rings is 1. The van der Waals surface area contributed by atoms with E-state index in [1.165, 1.54) is 45.0 Å². The molecular weight excluding hydrogens is 314 g/mol. The van der Waals surface area contributed by atoms with Crippen LogP contribution >= 0.6 is 0 Å². The van der Waals surface area contributed by atoms with Crippen molar-refractivity contribution < 1.29 is 29.0 Å². The molecule has 1 rings (SSSR count). The summed E-state index contributed by atoms with van der Waals surface area (Å²) in [7, 11) is 0. The molecule has 0 aliphatic rings. The maximum Gasteiger partial charge on any atom is 0.412 e. The number of amides is 1. The number of nitrogens with one attached hydrogen (secondary N) is 1. The molecule has 7 heteroatoms. The average Bonchev–Trinajstić information content (AvgIpc) is 2.50. The van der Waals surface area contributed by atoms with Gasteiger partial charge in [0.1, 0.15) is 18.0 Å². The second-order valence-electron chi connectivity index (χ2n) is 5.65. The first-order valence-electron chi connectivity index (χ1n) is 7.27. The van der Waals surface area contributed by atoms with Crippen molar-refractivity contribution in [1.82, 2.24) is 5.32 Å². The third kappa shape index (κ3) is 6.21. The zero-order chi connectivity index (χ0) is 18.3. The van der Waals surface area contributed by atoms with E-state index in [1.54, 1.807) is 0 Å². The van der Waals surface area contributed by atoms with Crippen molar-refractivity contribution in [3.63, 3.8) is 0 Å². The van der Waals surface area contributed by atoms with Gasteiger partial charge in [0.2, 0.25) is 0 Å². The minimum atomic E-state index is -1.47. The van der Waals surface area contributed by atoms with Crippen LogP contribution in [0, 0.1) is 0 Å². The maximum absolute atomic E-state index is 11.9. The molecule has 0 aliphatic carbocycles. The average molecular weight is 335 g/mol. The summed E-state index contributed by atoms with van der Waals surface area (Å²) in [4.78, 5) is 34.6. The summed E-state index contributed by atoms with van der Waals surface area (Å²) in [6, 6.07) is 5.80. The van der Waals surface area contributed by atoms with Crippen LogP contribution in [0.1, 0.15) is 31.1 Å². The van der Waals surface area contributed by atoms with E-state index in [0.29, 0.717) is 5.56 Å². The molecule has 0 unspecified atom stereocenters. The second kappa shape index (κ2) is 8.26. The number of rotatable bonds is 7. The van der Waals surface area contributed by atoms with Crippen LogP contribution in [0.15, 0.2) is 36.4 Å². The molecule has 0 spiro atoms. The summed E-state index contributed by atoms with van der Waals surface area (Å²) in [6.45, 7) is 7.84. The van der Waals surface area contributed by atoms with Crippen LogP contribution < -0.4 is 10.1 Å². The fourth-order valence-electron chi connectivity index (χ4n) is 1.59. The van der Waals surface area contributed by atoms with Gasteiger partial charge in [-0.2, -0.15) is 0 Å². The van der Waals surface area contributed by atoms with Crippen molar-refractivity contribution in [3.05, 3.63) is 42.0 Å². The lowest BCUT2D eigenvalue weighted by Crippen LogP contribution is -2.31. The summed E-state index contributed by atoms with van der Waals surface area (Å²) in [5, 5.41) is 12.1. The van der Waals surface area contributed by atoms with E-state index >= 15 is 0 Å². The van der Waals surface area contributed by atoms with E-state index in [9.17, 15) is 19.5 Å². The number of carbonyl (C=O) groups is 3. The fourth-order valence-corrected chi connectivity index (χ4v) is 1.59. The van der Waals surface area contributed by atoms with Gasteiger partial charge in [-0.25, -0.2) is 9.59 Å². The van der Waals surface area contributed by atoms with E-state index < -0.39 is 23.4 Å². The van der Waals surface area contributed by atoms with E-state index in [4.69, 9.17) is 9.47 Å². The Kier molecular flexibility index (Phi) is 6.67. The Balaban J connectivity index is 2.44. The smallest absolute Gasteiger partial charge is 0.412 e. The monoisotopic (exact) mass is 335 g/mol.